The molecule has 22 heavy (non-hydrogen) atoms. The molecule has 0 spiro atoms. The predicted molar refractivity (Wildman–Crippen MR) is 78.4 cm³/mol. The van der Waals surface area contributed by atoms with Gasteiger partial charge >= 0.3 is 7.75 Å². The van der Waals surface area contributed by atoms with Crippen LogP contribution in [0.3, 0.4) is 0 Å². The molecule has 8 atom stereocenters. The summed E-state index contributed by atoms with van der Waals surface area (Å²) in [5.41, 5.74) is 5.01. The first-order valence-corrected chi connectivity index (χ1v) is 8.79. The van der Waals surface area contributed by atoms with E-state index in [0.29, 0.717) is 0 Å². The van der Waals surface area contributed by atoms with Crippen LogP contribution in [0.25, 0.3) is 0 Å². The van der Waals surface area contributed by atoms with E-state index in [1.807, 2.05) is 0 Å². The minimum absolute atomic E-state index is 0.283. The lowest BCUT2D eigenvalue weighted by molar-refractivity contribution is -0.0176. The Morgan fingerprint density at radius 3 is 2.55 bits per heavy atom. The molecule has 4 unspecified atom stereocenters. The van der Waals surface area contributed by atoms with E-state index in [0.717, 1.165) is 0 Å². The highest BCUT2D eigenvalue weighted by molar-refractivity contribution is 7.80. The van der Waals surface area contributed by atoms with Crippen molar-refractivity contribution in [3.8, 4) is 0 Å². The highest BCUT2D eigenvalue weighted by Crippen LogP contribution is 2.44. The van der Waals surface area contributed by atoms with Gasteiger partial charge in [-0.3, -0.25) is 9.05 Å². The van der Waals surface area contributed by atoms with Crippen LogP contribution in [0.1, 0.15) is 6.42 Å². The molecule has 2 aliphatic rings. The normalized spacial score (nSPS) is 45.0. The lowest BCUT2D eigenvalue weighted by Crippen LogP contribution is -2.35. The molecule has 126 valence electrons. The van der Waals surface area contributed by atoms with Crippen molar-refractivity contribution in [2.24, 2.45) is 5.50 Å². The van der Waals surface area contributed by atoms with Gasteiger partial charge < -0.3 is 24.8 Å². The molecule has 2 aliphatic heterocycles. The van der Waals surface area contributed by atoms with Gasteiger partial charge in [-0.1, -0.05) is 0 Å². The molecule has 2 rings (SSSR count). The zero-order chi connectivity index (χ0) is 16.5. The molecule has 0 saturated carbocycles. The molecule has 0 aromatic carbocycles. The van der Waals surface area contributed by atoms with Crippen molar-refractivity contribution in [2.75, 3.05) is 13.2 Å². The standard InChI is InChI=1S/C10H19BNO8PS/c11-10-9(15)8(14)6(19-10)3-17-21(12,16)20-4-1-7(22)18-5(4)2-13/h4-10,13-15,22H,1-3H2,(H2,12,16)/t4?,5-,6+,7+,8?,9?,10+,21?/m1/s1. The number of aliphatic hydroxyl groups is 3. The van der Waals surface area contributed by atoms with Crippen LogP contribution < -0.4 is 5.50 Å². The zero-order valence-corrected chi connectivity index (χ0v) is 13.4. The fourth-order valence-corrected chi connectivity index (χ4v) is 3.66. The molecule has 9 nitrogen and oxygen atoms in total. The van der Waals surface area contributed by atoms with Gasteiger partial charge in [0.1, 0.15) is 37.7 Å². The van der Waals surface area contributed by atoms with Gasteiger partial charge in [0.25, 0.3) is 0 Å². The summed E-state index contributed by atoms with van der Waals surface area (Å²) < 4.78 is 32.5. The van der Waals surface area contributed by atoms with Crippen LogP contribution in [-0.2, 0) is 23.1 Å². The molecule has 12 heteroatoms. The molecule has 2 saturated heterocycles. The summed E-state index contributed by atoms with van der Waals surface area (Å²) >= 11 is 4.09. The largest absolute Gasteiger partial charge is 0.403 e. The molecule has 2 fully saturated rings. The fraction of sp³-hybridized carbons (Fsp3) is 1.00. The second-order valence-electron chi connectivity index (χ2n) is 5.15. The molecular formula is C10H19BNO8PS. The van der Waals surface area contributed by atoms with Gasteiger partial charge in [0.15, 0.2) is 0 Å². The summed E-state index contributed by atoms with van der Waals surface area (Å²) in [6, 6.07) is -1.06. The SMILES string of the molecule is [B][C@H]1O[C@@H](COP(N)(=O)OC2C[C@H](S)O[C@@H]2CO)C(O)C1O. The number of thiol groups is 1. The quantitative estimate of drug-likeness (QED) is 0.210. The van der Waals surface area contributed by atoms with Crippen LogP contribution in [0.4, 0.5) is 0 Å². The van der Waals surface area contributed by atoms with Gasteiger partial charge in [-0.15, -0.1) is 12.6 Å². The van der Waals surface area contributed by atoms with Crippen molar-refractivity contribution in [1.82, 2.24) is 0 Å². The molecule has 5 N–H and O–H groups in total. The first-order valence-electron chi connectivity index (χ1n) is 6.66. The van der Waals surface area contributed by atoms with Gasteiger partial charge in [0.05, 0.1) is 19.3 Å². The number of rotatable bonds is 6. The number of hydrogen-bond acceptors (Lipinski definition) is 9. The zero-order valence-electron chi connectivity index (χ0n) is 11.6. The second-order valence-corrected chi connectivity index (χ2v) is 7.27. The molecule has 0 aromatic heterocycles. The summed E-state index contributed by atoms with van der Waals surface area (Å²) in [5, 5.41) is 28.2. The Hall–Kier alpha value is 0.325. The van der Waals surface area contributed by atoms with Gasteiger partial charge in [-0.2, -0.15) is 0 Å². The Balaban J connectivity index is 1.85. The average molecular weight is 355 g/mol. The lowest BCUT2D eigenvalue weighted by Gasteiger charge is -2.22. The van der Waals surface area contributed by atoms with E-state index < -0.39 is 49.7 Å². The topological polar surface area (TPSA) is 141 Å². The van der Waals surface area contributed by atoms with Gasteiger partial charge in [-0.05, 0) is 0 Å². The Morgan fingerprint density at radius 1 is 1.32 bits per heavy atom. The van der Waals surface area contributed by atoms with E-state index in [-0.39, 0.29) is 19.6 Å². The Labute approximate surface area is 134 Å². The Bertz CT molecular complexity index is 434. The lowest BCUT2D eigenvalue weighted by atomic mass is 9.93. The van der Waals surface area contributed by atoms with Crippen LogP contribution in [0.5, 0.6) is 0 Å². The molecule has 0 bridgehead atoms. The van der Waals surface area contributed by atoms with Crippen LogP contribution in [-0.4, -0.2) is 78.3 Å². The molecule has 0 amide bonds. The van der Waals surface area contributed by atoms with Crippen molar-refractivity contribution in [1.29, 1.82) is 0 Å². The summed E-state index contributed by atoms with van der Waals surface area (Å²) in [7, 11) is 1.43. The highest BCUT2D eigenvalue weighted by atomic mass is 32.1. The van der Waals surface area contributed by atoms with E-state index in [1.165, 1.54) is 0 Å². The molecule has 2 radical (unpaired) electrons. The van der Waals surface area contributed by atoms with E-state index in [1.54, 1.807) is 0 Å². The maximum absolute atomic E-state index is 12.1. The summed E-state index contributed by atoms with van der Waals surface area (Å²) in [6.45, 7) is -0.714. The molecule has 0 aliphatic carbocycles. The minimum atomic E-state index is -3.98. The van der Waals surface area contributed by atoms with E-state index in [4.69, 9.17) is 37.0 Å². The third kappa shape index (κ3) is 4.44. The third-order valence-corrected chi connectivity index (χ3v) is 4.87. The Morgan fingerprint density at radius 2 is 2.00 bits per heavy atom. The maximum Gasteiger partial charge on any atom is 0.403 e. The van der Waals surface area contributed by atoms with Crippen molar-refractivity contribution in [2.45, 2.75) is 48.4 Å². The average Bonchev–Trinajstić information content (AvgIpc) is 2.91. The third-order valence-electron chi connectivity index (χ3n) is 3.46. The molecule has 0 aromatic rings. The number of hydrogen-bond donors (Lipinski definition) is 5. The van der Waals surface area contributed by atoms with Crippen molar-refractivity contribution < 1.29 is 38.4 Å². The van der Waals surface area contributed by atoms with Crippen LogP contribution in [0, 0.1) is 0 Å². The van der Waals surface area contributed by atoms with Crippen LogP contribution in [0.15, 0.2) is 0 Å². The second kappa shape index (κ2) is 7.48. The number of nitrogens with two attached hydrogens (primary N) is 1. The summed E-state index contributed by atoms with van der Waals surface area (Å²) in [6.07, 6.45) is -4.67. The summed E-state index contributed by atoms with van der Waals surface area (Å²) in [5.74, 6) is 0. The minimum Gasteiger partial charge on any atom is -0.394 e. The van der Waals surface area contributed by atoms with E-state index in [2.05, 4.69) is 12.6 Å². The monoisotopic (exact) mass is 355 g/mol. The summed E-state index contributed by atoms with van der Waals surface area (Å²) in [4.78, 5) is 0. The fourth-order valence-electron chi connectivity index (χ4n) is 2.28. The van der Waals surface area contributed by atoms with Crippen molar-refractivity contribution in [3.63, 3.8) is 0 Å². The maximum atomic E-state index is 12.1. The van der Waals surface area contributed by atoms with Crippen molar-refractivity contribution in [3.05, 3.63) is 0 Å². The van der Waals surface area contributed by atoms with E-state index in [9.17, 15) is 14.8 Å². The van der Waals surface area contributed by atoms with Crippen LogP contribution >= 0.6 is 20.4 Å². The smallest absolute Gasteiger partial charge is 0.394 e. The predicted octanol–water partition coefficient (Wildman–Crippen LogP) is -1.89. The Kier molecular flexibility index (Phi) is 6.34. The van der Waals surface area contributed by atoms with Gasteiger partial charge in [0.2, 0.25) is 0 Å². The highest BCUT2D eigenvalue weighted by Gasteiger charge is 2.42. The van der Waals surface area contributed by atoms with Gasteiger partial charge in [0, 0.05) is 12.4 Å². The van der Waals surface area contributed by atoms with E-state index >= 15 is 0 Å². The van der Waals surface area contributed by atoms with Crippen molar-refractivity contribution >= 4 is 28.2 Å². The number of aliphatic hydroxyl groups excluding tert-OH is 3. The van der Waals surface area contributed by atoms with Crippen LogP contribution in [0.2, 0.25) is 0 Å². The molecule has 2 heterocycles. The number of ether oxygens (including phenoxy) is 2. The first kappa shape index (κ1) is 18.7. The first-order chi connectivity index (χ1) is 10.2. The van der Waals surface area contributed by atoms with Gasteiger partial charge in [-0.25, -0.2) is 10.1 Å². The molecular weight excluding hydrogens is 336 g/mol.